The van der Waals surface area contributed by atoms with Gasteiger partial charge in [0, 0.05) is 23.0 Å². The predicted molar refractivity (Wildman–Crippen MR) is 76.5 cm³/mol. The maximum atomic E-state index is 13.8. The maximum Gasteiger partial charge on any atom is 0.128 e. The van der Waals surface area contributed by atoms with Gasteiger partial charge in [0.25, 0.3) is 0 Å². The molecule has 1 nitrogen and oxygen atoms in total. The Labute approximate surface area is 114 Å². The lowest BCUT2D eigenvalue weighted by Crippen LogP contribution is -2.17. The van der Waals surface area contributed by atoms with Gasteiger partial charge in [-0.1, -0.05) is 25.8 Å². The number of benzene rings is 1. The van der Waals surface area contributed by atoms with Gasteiger partial charge in [0.1, 0.15) is 5.82 Å². The molecule has 1 aromatic rings. The fourth-order valence-electron chi connectivity index (χ4n) is 1.91. The molecule has 100 valence electrons. The van der Waals surface area contributed by atoms with Gasteiger partial charge >= 0.3 is 0 Å². The third-order valence-corrected chi connectivity index (χ3v) is 4.41. The van der Waals surface area contributed by atoms with Crippen molar-refractivity contribution in [3.05, 3.63) is 29.6 Å². The highest BCUT2D eigenvalue weighted by Crippen LogP contribution is 2.27. The summed E-state index contributed by atoms with van der Waals surface area (Å²) in [6.07, 6.45) is 6.20. The van der Waals surface area contributed by atoms with E-state index in [1.165, 1.54) is 32.1 Å². The number of unbranched alkanes of at least 4 members (excludes halogenated alkanes) is 2. The van der Waals surface area contributed by atoms with Gasteiger partial charge < -0.3 is 5.32 Å². The van der Waals surface area contributed by atoms with Crippen LogP contribution in [0.3, 0.4) is 0 Å². The van der Waals surface area contributed by atoms with Crippen LogP contribution < -0.4 is 5.32 Å². The van der Waals surface area contributed by atoms with Gasteiger partial charge in [-0.2, -0.15) is 0 Å². The van der Waals surface area contributed by atoms with E-state index in [0.717, 1.165) is 16.2 Å². The topological polar surface area (TPSA) is 12.0 Å². The normalized spacial score (nSPS) is 15.0. The van der Waals surface area contributed by atoms with Gasteiger partial charge in [-0.3, -0.25) is 0 Å². The SMILES string of the molecule is CCCCCSc1cccc(F)c1CNC1CC1. The minimum atomic E-state index is -0.0661. The highest BCUT2D eigenvalue weighted by atomic mass is 32.2. The van der Waals surface area contributed by atoms with Crippen LogP contribution in [0.2, 0.25) is 0 Å². The van der Waals surface area contributed by atoms with Crippen LogP contribution in [0.4, 0.5) is 4.39 Å². The molecule has 0 heterocycles. The lowest BCUT2D eigenvalue weighted by molar-refractivity contribution is 0.579. The second-order valence-electron chi connectivity index (χ2n) is 4.93. The number of halogens is 1. The van der Waals surface area contributed by atoms with Crippen molar-refractivity contribution in [3.8, 4) is 0 Å². The Bertz CT molecular complexity index is 377. The number of nitrogens with one attached hydrogen (secondary N) is 1. The molecule has 1 N–H and O–H groups in total. The summed E-state index contributed by atoms with van der Waals surface area (Å²) >= 11 is 1.79. The second-order valence-corrected chi connectivity index (χ2v) is 6.06. The van der Waals surface area contributed by atoms with Gasteiger partial charge in [0.15, 0.2) is 0 Å². The van der Waals surface area contributed by atoms with E-state index in [-0.39, 0.29) is 5.82 Å². The molecule has 1 aliphatic rings. The number of hydrogen-bond acceptors (Lipinski definition) is 2. The Balaban J connectivity index is 1.91. The predicted octanol–water partition coefficient (Wildman–Crippen LogP) is 4.36. The monoisotopic (exact) mass is 267 g/mol. The van der Waals surface area contributed by atoms with Crippen LogP contribution in [0.15, 0.2) is 23.1 Å². The van der Waals surface area contributed by atoms with Gasteiger partial charge in [-0.15, -0.1) is 11.8 Å². The smallest absolute Gasteiger partial charge is 0.128 e. The van der Waals surface area contributed by atoms with Crippen LogP contribution in [-0.2, 0) is 6.54 Å². The lowest BCUT2D eigenvalue weighted by Gasteiger charge is -2.11. The standard InChI is InChI=1S/C15H22FNS/c1-2-3-4-10-18-15-7-5-6-14(16)13(15)11-17-12-8-9-12/h5-7,12,17H,2-4,8-11H2,1H3. The molecule has 0 bridgehead atoms. The quantitative estimate of drug-likeness (QED) is 0.555. The van der Waals surface area contributed by atoms with Crippen molar-refractivity contribution in [2.75, 3.05) is 5.75 Å². The summed E-state index contributed by atoms with van der Waals surface area (Å²) in [5, 5.41) is 3.40. The van der Waals surface area contributed by atoms with E-state index in [4.69, 9.17) is 0 Å². The number of rotatable bonds is 8. The minimum absolute atomic E-state index is 0.0661. The summed E-state index contributed by atoms with van der Waals surface area (Å²) in [6.45, 7) is 2.88. The number of hydrogen-bond donors (Lipinski definition) is 1. The summed E-state index contributed by atoms with van der Waals surface area (Å²) < 4.78 is 13.8. The molecular weight excluding hydrogens is 245 g/mol. The Morgan fingerprint density at radius 2 is 2.17 bits per heavy atom. The molecule has 0 atom stereocenters. The molecule has 2 rings (SSSR count). The largest absolute Gasteiger partial charge is 0.310 e. The van der Waals surface area contributed by atoms with E-state index in [1.807, 2.05) is 12.1 Å². The molecule has 3 heteroatoms. The molecule has 0 radical (unpaired) electrons. The summed E-state index contributed by atoms with van der Waals surface area (Å²) in [4.78, 5) is 1.11. The van der Waals surface area contributed by atoms with Crippen LogP contribution >= 0.6 is 11.8 Å². The molecule has 1 aromatic carbocycles. The molecule has 18 heavy (non-hydrogen) atoms. The van der Waals surface area contributed by atoms with Crippen molar-refractivity contribution in [1.29, 1.82) is 0 Å². The molecule has 0 aliphatic heterocycles. The van der Waals surface area contributed by atoms with E-state index >= 15 is 0 Å². The van der Waals surface area contributed by atoms with Crippen molar-refractivity contribution < 1.29 is 4.39 Å². The molecule has 0 aromatic heterocycles. The van der Waals surface area contributed by atoms with E-state index in [2.05, 4.69) is 12.2 Å². The second kappa shape index (κ2) is 7.15. The Hall–Kier alpha value is -0.540. The van der Waals surface area contributed by atoms with E-state index in [1.54, 1.807) is 17.8 Å². The lowest BCUT2D eigenvalue weighted by atomic mass is 10.2. The fourth-order valence-corrected chi connectivity index (χ4v) is 3.00. The van der Waals surface area contributed by atoms with Crippen LogP contribution in [0.25, 0.3) is 0 Å². The summed E-state index contributed by atoms with van der Waals surface area (Å²) in [6, 6.07) is 6.06. The first-order chi connectivity index (χ1) is 8.81. The van der Waals surface area contributed by atoms with Crippen LogP contribution in [0, 0.1) is 5.82 Å². The molecular formula is C15H22FNS. The Morgan fingerprint density at radius 3 is 2.89 bits per heavy atom. The zero-order chi connectivity index (χ0) is 12.8. The maximum absolute atomic E-state index is 13.8. The van der Waals surface area contributed by atoms with Crippen molar-refractivity contribution in [2.24, 2.45) is 0 Å². The third kappa shape index (κ3) is 4.29. The molecule has 1 fully saturated rings. The minimum Gasteiger partial charge on any atom is -0.310 e. The first kappa shape index (κ1) is 13.9. The van der Waals surface area contributed by atoms with Crippen LogP contribution in [-0.4, -0.2) is 11.8 Å². The first-order valence-corrected chi connectivity index (χ1v) is 7.93. The van der Waals surface area contributed by atoms with Crippen LogP contribution in [0.5, 0.6) is 0 Å². The summed E-state index contributed by atoms with van der Waals surface area (Å²) in [5.41, 5.74) is 0.853. The fraction of sp³-hybridized carbons (Fsp3) is 0.600. The van der Waals surface area contributed by atoms with Gasteiger partial charge in [-0.25, -0.2) is 4.39 Å². The molecule has 0 amide bonds. The average Bonchev–Trinajstić information content (AvgIpc) is 3.18. The van der Waals surface area contributed by atoms with Gasteiger partial charge in [-0.05, 0) is 37.1 Å². The molecule has 0 unspecified atom stereocenters. The van der Waals surface area contributed by atoms with Gasteiger partial charge in [0.2, 0.25) is 0 Å². The number of thioether (sulfide) groups is 1. The van der Waals surface area contributed by atoms with E-state index in [9.17, 15) is 4.39 Å². The zero-order valence-corrected chi connectivity index (χ0v) is 11.9. The first-order valence-electron chi connectivity index (χ1n) is 6.95. The third-order valence-electron chi connectivity index (χ3n) is 3.23. The molecule has 0 spiro atoms. The zero-order valence-electron chi connectivity index (χ0n) is 11.0. The highest BCUT2D eigenvalue weighted by molar-refractivity contribution is 7.99. The van der Waals surface area contributed by atoms with E-state index < -0.39 is 0 Å². The highest BCUT2D eigenvalue weighted by Gasteiger charge is 2.21. The average molecular weight is 267 g/mol. The summed E-state index contributed by atoms with van der Waals surface area (Å²) in [5.74, 6) is 1.02. The Kier molecular flexibility index (Phi) is 5.51. The summed E-state index contributed by atoms with van der Waals surface area (Å²) in [7, 11) is 0. The van der Waals surface area contributed by atoms with Crippen molar-refractivity contribution in [2.45, 2.75) is 56.5 Å². The van der Waals surface area contributed by atoms with Crippen molar-refractivity contribution in [1.82, 2.24) is 5.32 Å². The molecule has 1 aliphatic carbocycles. The van der Waals surface area contributed by atoms with Crippen molar-refractivity contribution >= 4 is 11.8 Å². The Morgan fingerprint density at radius 1 is 1.33 bits per heavy atom. The van der Waals surface area contributed by atoms with E-state index in [0.29, 0.717) is 12.6 Å². The molecule has 0 saturated heterocycles. The van der Waals surface area contributed by atoms with Gasteiger partial charge in [0.05, 0.1) is 0 Å². The molecule has 1 saturated carbocycles. The van der Waals surface area contributed by atoms with Crippen LogP contribution in [0.1, 0.15) is 44.6 Å². The van der Waals surface area contributed by atoms with Crippen molar-refractivity contribution in [3.63, 3.8) is 0 Å².